The van der Waals surface area contributed by atoms with Crippen molar-refractivity contribution < 1.29 is 33.5 Å². The summed E-state index contributed by atoms with van der Waals surface area (Å²) < 4.78 is 11.0. The van der Waals surface area contributed by atoms with Crippen LogP contribution in [0.25, 0.3) is 0 Å². The molecule has 2 heterocycles. The van der Waals surface area contributed by atoms with Crippen molar-refractivity contribution in [2.45, 2.75) is 64.2 Å². The van der Waals surface area contributed by atoms with Crippen molar-refractivity contribution in [3.8, 4) is 0 Å². The molecule has 3 amide bonds. The lowest BCUT2D eigenvalue weighted by Crippen LogP contribution is -2.63. The number of amides is 3. The second kappa shape index (κ2) is 7.39. The minimum absolute atomic E-state index is 0.0707. The summed E-state index contributed by atoms with van der Waals surface area (Å²) in [7, 11) is 0. The van der Waals surface area contributed by atoms with Gasteiger partial charge in [-0.3, -0.25) is 9.59 Å². The Hall–Kier alpha value is -2.94. The van der Waals surface area contributed by atoms with Gasteiger partial charge in [-0.2, -0.15) is 0 Å². The molecule has 2 aliphatic heterocycles. The Labute approximate surface area is 174 Å². The van der Waals surface area contributed by atoms with Gasteiger partial charge in [0.1, 0.15) is 11.1 Å². The summed E-state index contributed by atoms with van der Waals surface area (Å²) in [4.78, 5) is 56.0. The van der Waals surface area contributed by atoms with Crippen molar-refractivity contribution in [1.29, 1.82) is 0 Å². The van der Waals surface area contributed by atoms with Gasteiger partial charge in [-0.05, 0) is 46.8 Å². The van der Waals surface area contributed by atoms with Crippen LogP contribution in [0.4, 0.5) is 4.79 Å². The largest absolute Gasteiger partial charge is 0.444 e. The fourth-order valence-electron chi connectivity index (χ4n) is 3.62. The van der Waals surface area contributed by atoms with Crippen LogP contribution in [0.5, 0.6) is 0 Å². The van der Waals surface area contributed by atoms with Crippen LogP contribution in [0.2, 0.25) is 0 Å². The number of alkyl carbamates (subject to hydrolysis) is 1. The van der Waals surface area contributed by atoms with Gasteiger partial charge in [-0.15, -0.1) is 0 Å². The number of hydrogen-bond acceptors (Lipinski definition) is 7. The van der Waals surface area contributed by atoms with Gasteiger partial charge in [0.05, 0.1) is 23.3 Å². The van der Waals surface area contributed by atoms with E-state index in [4.69, 9.17) is 14.3 Å². The van der Waals surface area contributed by atoms with E-state index in [1.807, 2.05) is 0 Å². The topological polar surface area (TPSA) is 111 Å². The molecule has 1 fully saturated rings. The molecule has 0 bridgehead atoms. The number of hydrogen-bond donors (Lipinski definition) is 1. The van der Waals surface area contributed by atoms with Gasteiger partial charge < -0.3 is 19.6 Å². The quantitative estimate of drug-likeness (QED) is 0.751. The zero-order valence-electron chi connectivity index (χ0n) is 17.7. The van der Waals surface area contributed by atoms with Crippen molar-refractivity contribution in [1.82, 2.24) is 10.4 Å². The van der Waals surface area contributed by atoms with E-state index < -0.39 is 40.6 Å². The van der Waals surface area contributed by atoms with Crippen molar-refractivity contribution >= 4 is 23.9 Å². The highest BCUT2D eigenvalue weighted by Gasteiger charge is 2.52. The highest BCUT2D eigenvalue weighted by atomic mass is 16.7. The van der Waals surface area contributed by atoms with Crippen LogP contribution in [-0.2, 0) is 19.1 Å². The number of fused-ring (bicyclic) bond motifs is 1. The summed E-state index contributed by atoms with van der Waals surface area (Å²) in [6, 6.07) is 6.19. The Morgan fingerprint density at radius 3 is 2.17 bits per heavy atom. The molecule has 1 aromatic carbocycles. The molecule has 30 heavy (non-hydrogen) atoms. The standard InChI is InChI=1S/C21H26N2O7/c1-19(2,3)29-18(27)22-21(10-11-28-20(4,5)12-21)17(26)30-23-15(24)13-8-6-7-9-14(13)16(23)25/h6-9H,10-12H2,1-5H3,(H,22,27). The Kier molecular flexibility index (Phi) is 5.36. The van der Waals surface area contributed by atoms with Crippen LogP contribution in [0, 0.1) is 0 Å². The lowest BCUT2D eigenvalue weighted by atomic mass is 9.81. The zero-order valence-corrected chi connectivity index (χ0v) is 17.7. The van der Waals surface area contributed by atoms with E-state index in [0.29, 0.717) is 5.06 Å². The Morgan fingerprint density at radius 1 is 1.10 bits per heavy atom. The minimum atomic E-state index is -1.53. The molecule has 0 radical (unpaired) electrons. The SMILES string of the molecule is CC(C)(C)OC(=O)NC1(C(=O)ON2C(=O)c3ccccc3C2=O)CCOC(C)(C)C1. The first-order valence-corrected chi connectivity index (χ1v) is 9.69. The number of nitrogens with one attached hydrogen (secondary N) is 1. The smallest absolute Gasteiger partial charge is 0.408 e. The van der Waals surface area contributed by atoms with Crippen LogP contribution in [0.15, 0.2) is 24.3 Å². The first-order chi connectivity index (χ1) is 13.8. The van der Waals surface area contributed by atoms with Gasteiger partial charge in [-0.1, -0.05) is 17.2 Å². The second-order valence-corrected chi connectivity index (χ2v) is 9.07. The maximum atomic E-state index is 13.2. The summed E-state index contributed by atoms with van der Waals surface area (Å²) in [5, 5.41) is 3.04. The highest BCUT2D eigenvalue weighted by molar-refractivity contribution is 6.21. The molecular formula is C21H26N2O7. The summed E-state index contributed by atoms with van der Waals surface area (Å²) in [6.45, 7) is 8.80. The van der Waals surface area contributed by atoms with Crippen LogP contribution in [0.1, 0.15) is 68.2 Å². The van der Waals surface area contributed by atoms with Gasteiger partial charge in [0, 0.05) is 12.8 Å². The molecule has 9 heteroatoms. The molecule has 0 aromatic heterocycles. The molecule has 0 saturated carbocycles. The maximum absolute atomic E-state index is 13.2. The molecule has 1 N–H and O–H groups in total. The molecule has 1 saturated heterocycles. The van der Waals surface area contributed by atoms with E-state index in [9.17, 15) is 19.2 Å². The monoisotopic (exact) mass is 418 g/mol. The van der Waals surface area contributed by atoms with Crippen LogP contribution in [0.3, 0.4) is 0 Å². The molecule has 9 nitrogen and oxygen atoms in total. The zero-order chi connectivity index (χ0) is 22.3. The van der Waals surface area contributed by atoms with Crippen molar-refractivity contribution in [2.24, 2.45) is 0 Å². The summed E-state index contributed by atoms with van der Waals surface area (Å²) in [6.07, 6.45) is -0.640. The third-order valence-electron chi connectivity index (χ3n) is 4.81. The second-order valence-electron chi connectivity index (χ2n) is 9.07. The summed E-state index contributed by atoms with van der Waals surface area (Å²) in [5.74, 6) is -2.40. The number of imide groups is 1. The number of carbonyl (C=O) groups is 4. The number of ether oxygens (including phenoxy) is 2. The fourth-order valence-corrected chi connectivity index (χ4v) is 3.62. The molecule has 1 aromatic rings. The van der Waals surface area contributed by atoms with Gasteiger partial charge >= 0.3 is 12.1 Å². The third kappa shape index (κ3) is 4.30. The summed E-state index contributed by atoms with van der Waals surface area (Å²) >= 11 is 0. The van der Waals surface area contributed by atoms with Gasteiger partial charge in [0.15, 0.2) is 0 Å². The van der Waals surface area contributed by atoms with Gasteiger partial charge in [-0.25, -0.2) is 9.59 Å². The number of nitrogens with zero attached hydrogens (tertiary/aromatic N) is 1. The Morgan fingerprint density at radius 2 is 1.67 bits per heavy atom. The predicted molar refractivity (Wildman–Crippen MR) is 104 cm³/mol. The van der Waals surface area contributed by atoms with E-state index in [-0.39, 0.29) is 30.6 Å². The first kappa shape index (κ1) is 21.8. The first-order valence-electron chi connectivity index (χ1n) is 9.69. The molecular weight excluding hydrogens is 392 g/mol. The fraction of sp³-hybridized carbons (Fsp3) is 0.524. The average molecular weight is 418 g/mol. The molecule has 162 valence electrons. The third-order valence-corrected chi connectivity index (χ3v) is 4.81. The van der Waals surface area contributed by atoms with Crippen molar-refractivity contribution in [3.63, 3.8) is 0 Å². The number of rotatable bonds is 3. The summed E-state index contributed by atoms with van der Waals surface area (Å²) in [5.41, 5.74) is -2.76. The van der Waals surface area contributed by atoms with E-state index >= 15 is 0 Å². The van der Waals surface area contributed by atoms with E-state index in [0.717, 1.165) is 0 Å². The minimum Gasteiger partial charge on any atom is -0.444 e. The van der Waals surface area contributed by atoms with Crippen LogP contribution in [-0.4, -0.2) is 52.3 Å². The van der Waals surface area contributed by atoms with Crippen LogP contribution < -0.4 is 5.32 Å². The van der Waals surface area contributed by atoms with Gasteiger partial charge in [0.2, 0.25) is 0 Å². The molecule has 0 aliphatic carbocycles. The van der Waals surface area contributed by atoms with Gasteiger partial charge in [0.25, 0.3) is 11.8 Å². The van der Waals surface area contributed by atoms with E-state index in [2.05, 4.69) is 5.32 Å². The molecule has 1 unspecified atom stereocenters. The molecule has 2 aliphatic rings. The number of benzene rings is 1. The Bertz CT molecular complexity index is 868. The van der Waals surface area contributed by atoms with Crippen molar-refractivity contribution in [3.05, 3.63) is 35.4 Å². The van der Waals surface area contributed by atoms with Crippen molar-refractivity contribution in [2.75, 3.05) is 6.61 Å². The lowest BCUT2D eigenvalue weighted by molar-refractivity contribution is -0.187. The molecule has 0 spiro atoms. The van der Waals surface area contributed by atoms with E-state index in [1.165, 1.54) is 12.1 Å². The number of hydroxylamine groups is 2. The number of carbonyl (C=O) groups excluding carboxylic acids is 4. The highest BCUT2D eigenvalue weighted by Crippen LogP contribution is 2.34. The molecule has 1 atom stereocenters. The van der Waals surface area contributed by atoms with Crippen LogP contribution >= 0.6 is 0 Å². The average Bonchev–Trinajstić information content (AvgIpc) is 2.84. The maximum Gasteiger partial charge on any atom is 0.408 e. The molecule has 3 rings (SSSR count). The normalized spacial score (nSPS) is 23.0. The van der Waals surface area contributed by atoms with E-state index in [1.54, 1.807) is 46.8 Å². The lowest BCUT2D eigenvalue weighted by Gasteiger charge is -2.43. The Balaban J connectivity index is 1.85. The predicted octanol–water partition coefficient (Wildman–Crippen LogP) is 2.59.